The van der Waals surface area contributed by atoms with Gasteiger partial charge >= 0.3 is 0 Å². The summed E-state index contributed by atoms with van der Waals surface area (Å²) in [5.74, 6) is 0. The van der Waals surface area contributed by atoms with Crippen LogP contribution in [0.1, 0.15) is 29.2 Å². The molecular weight excluding hydrogens is 192 g/mol. The van der Waals surface area contributed by atoms with Crippen molar-refractivity contribution in [3.05, 3.63) is 65.8 Å². The lowest BCUT2D eigenvalue weighted by Gasteiger charge is -2.09. The highest BCUT2D eigenvalue weighted by atomic mass is 14.1. The van der Waals surface area contributed by atoms with E-state index in [0.717, 1.165) is 5.56 Å². The zero-order valence-corrected chi connectivity index (χ0v) is 10.0. The standard InChI is InChI=1S/C16H18/c1-5-8-10-15-13(4)11-12-14(7-3)16(15)9-6-2/h5-12H,1,3H2,2,4H3/b9-6-,10-8-. The van der Waals surface area contributed by atoms with Crippen LogP contribution in [-0.4, -0.2) is 0 Å². The zero-order chi connectivity index (χ0) is 12.0. The number of hydrogen-bond acceptors (Lipinski definition) is 0. The lowest BCUT2D eigenvalue weighted by atomic mass is 9.95. The molecule has 0 aromatic heterocycles. The maximum atomic E-state index is 3.85. The Hall–Kier alpha value is -1.82. The molecule has 0 amide bonds. The van der Waals surface area contributed by atoms with Gasteiger partial charge < -0.3 is 0 Å². The Balaban J connectivity index is 3.46. The number of allylic oxidation sites excluding steroid dienone is 3. The van der Waals surface area contributed by atoms with Crippen LogP contribution < -0.4 is 0 Å². The summed E-state index contributed by atoms with van der Waals surface area (Å²) >= 11 is 0. The van der Waals surface area contributed by atoms with Gasteiger partial charge in [0.1, 0.15) is 0 Å². The van der Waals surface area contributed by atoms with Crippen LogP contribution in [0, 0.1) is 6.92 Å². The third-order valence-electron chi connectivity index (χ3n) is 2.49. The molecule has 16 heavy (non-hydrogen) atoms. The molecule has 0 aliphatic heterocycles. The fourth-order valence-electron chi connectivity index (χ4n) is 1.68. The quantitative estimate of drug-likeness (QED) is 0.622. The highest BCUT2D eigenvalue weighted by molar-refractivity contribution is 5.75. The van der Waals surface area contributed by atoms with E-state index in [1.807, 2.05) is 25.2 Å². The molecule has 0 aliphatic rings. The molecule has 0 aliphatic carbocycles. The van der Waals surface area contributed by atoms with Crippen molar-refractivity contribution in [1.82, 2.24) is 0 Å². The van der Waals surface area contributed by atoms with Crippen molar-refractivity contribution < 1.29 is 0 Å². The first-order chi connectivity index (χ1) is 7.74. The summed E-state index contributed by atoms with van der Waals surface area (Å²) in [4.78, 5) is 0. The van der Waals surface area contributed by atoms with Crippen LogP contribution in [0.25, 0.3) is 18.2 Å². The lowest BCUT2D eigenvalue weighted by molar-refractivity contribution is 1.41. The van der Waals surface area contributed by atoms with E-state index in [1.165, 1.54) is 16.7 Å². The smallest absolute Gasteiger partial charge is 0.0112 e. The van der Waals surface area contributed by atoms with Crippen molar-refractivity contribution in [2.24, 2.45) is 0 Å². The topological polar surface area (TPSA) is 0 Å². The summed E-state index contributed by atoms with van der Waals surface area (Å²) in [5.41, 5.74) is 4.87. The summed E-state index contributed by atoms with van der Waals surface area (Å²) in [5, 5.41) is 0. The predicted octanol–water partition coefficient (Wildman–Crippen LogP) is 4.87. The molecule has 0 heterocycles. The van der Waals surface area contributed by atoms with E-state index in [0.29, 0.717) is 0 Å². The monoisotopic (exact) mass is 210 g/mol. The summed E-state index contributed by atoms with van der Waals surface area (Å²) < 4.78 is 0. The minimum Gasteiger partial charge on any atom is -0.0991 e. The molecule has 0 fully saturated rings. The van der Waals surface area contributed by atoms with Gasteiger partial charge in [-0.2, -0.15) is 0 Å². The van der Waals surface area contributed by atoms with E-state index in [1.54, 1.807) is 6.08 Å². The van der Waals surface area contributed by atoms with Gasteiger partial charge in [0.2, 0.25) is 0 Å². The molecule has 0 radical (unpaired) electrons. The highest BCUT2D eigenvalue weighted by Gasteiger charge is 2.03. The van der Waals surface area contributed by atoms with E-state index in [9.17, 15) is 0 Å². The average molecular weight is 210 g/mol. The SMILES string of the molecule is C=C/C=C\c1c(C)ccc(C=C)c1/C=C\C. The molecule has 0 heteroatoms. The Morgan fingerprint density at radius 3 is 2.38 bits per heavy atom. The first kappa shape index (κ1) is 12.3. The van der Waals surface area contributed by atoms with Crippen LogP contribution in [0.5, 0.6) is 0 Å². The first-order valence-corrected chi connectivity index (χ1v) is 5.42. The van der Waals surface area contributed by atoms with Gasteiger partial charge in [0.15, 0.2) is 0 Å². The third-order valence-corrected chi connectivity index (χ3v) is 2.49. The van der Waals surface area contributed by atoms with Gasteiger partial charge in [0.25, 0.3) is 0 Å². The lowest BCUT2D eigenvalue weighted by Crippen LogP contribution is -1.90. The van der Waals surface area contributed by atoms with E-state index in [4.69, 9.17) is 0 Å². The van der Waals surface area contributed by atoms with Crippen LogP contribution in [0.4, 0.5) is 0 Å². The second kappa shape index (κ2) is 5.92. The van der Waals surface area contributed by atoms with Crippen molar-refractivity contribution in [3.8, 4) is 0 Å². The van der Waals surface area contributed by atoms with Crippen molar-refractivity contribution in [2.45, 2.75) is 13.8 Å². The molecule has 0 atom stereocenters. The van der Waals surface area contributed by atoms with Crippen molar-refractivity contribution >= 4 is 18.2 Å². The minimum absolute atomic E-state index is 1.16. The molecule has 0 saturated heterocycles. The molecule has 82 valence electrons. The van der Waals surface area contributed by atoms with E-state index in [-0.39, 0.29) is 0 Å². The van der Waals surface area contributed by atoms with Gasteiger partial charge in [-0.1, -0.05) is 61.7 Å². The predicted molar refractivity (Wildman–Crippen MR) is 75.2 cm³/mol. The Bertz CT molecular complexity index is 445. The van der Waals surface area contributed by atoms with Gasteiger partial charge in [0, 0.05) is 0 Å². The minimum atomic E-state index is 1.16. The van der Waals surface area contributed by atoms with E-state index >= 15 is 0 Å². The Morgan fingerprint density at radius 2 is 1.81 bits per heavy atom. The first-order valence-electron chi connectivity index (χ1n) is 5.42. The third kappa shape index (κ3) is 2.60. The molecule has 0 saturated carbocycles. The van der Waals surface area contributed by atoms with Gasteiger partial charge in [-0.05, 0) is 36.1 Å². The molecule has 0 spiro atoms. The van der Waals surface area contributed by atoms with E-state index < -0.39 is 0 Å². The maximum Gasteiger partial charge on any atom is -0.0112 e. The number of benzene rings is 1. The highest BCUT2D eigenvalue weighted by Crippen LogP contribution is 2.23. The van der Waals surface area contributed by atoms with Crippen LogP contribution in [0.15, 0.2) is 43.5 Å². The largest absolute Gasteiger partial charge is 0.0991 e. The summed E-state index contributed by atoms with van der Waals surface area (Å²) in [7, 11) is 0. The fourth-order valence-corrected chi connectivity index (χ4v) is 1.68. The van der Waals surface area contributed by atoms with Gasteiger partial charge in [-0.3, -0.25) is 0 Å². The molecule has 0 nitrogen and oxygen atoms in total. The Kier molecular flexibility index (Phi) is 4.53. The second-order valence-corrected chi connectivity index (χ2v) is 3.60. The van der Waals surface area contributed by atoms with Gasteiger partial charge in [0.05, 0.1) is 0 Å². The summed E-state index contributed by atoms with van der Waals surface area (Å²) in [6, 6.07) is 4.22. The molecular formula is C16H18. The molecule has 0 N–H and O–H groups in total. The maximum absolute atomic E-state index is 3.85. The van der Waals surface area contributed by atoms with Crippen LogP contribution in [-0.2, 0) is 0 Å². The zero-order valence-electron chi connectivity index (χ0n) is 10.0. The summed E-state index contributed by atoms with van der Waals surface area (Å²) in [6.07, 6.45) is 11.9. The Morgan fingerprint density at radius 1 is 1.06 bits per heavy atom. The fraction of sp³-hybridized carbons (Fsp3) is 0.125. The van der Waals surface area contributed by atoms with Gasteiger partial charge in [-0.15, -0.1) is 0 Å². The van der Waals surface area contributed by atoms with Crippen molar-refractivity contribution in [2.75, 3.05) is 0 Å². The molecule has 1 aromatic rings. The molecule has 0 unspecified atom stereocenters. The molecule has 1 aromatic carbocycles. The normalized spacial score (nSPS) is 11.1. The molecule has 1 rings (SSSR count). The number of hydrogen-bond donors (Lipinski definition) is 0. The Labute approximate surface area is 98.3 Å². The summed E-state index contributed by atoms with van der Waals surface area (Å²) in [6.45, 7) is 11.7. The van der Waals surface area contributed by atoms with Crippen LogP contribution in [0.2, 0.25) is 0 Å². The number of rotatable bonds is 4. The van der Waals surface area contributed by atoms with Crippen LogP contribution >= 0.6 is 0 Å². The van der Waals surface area contributed by atoms with Gasteiger partial charge in [-0.25, -0.2) is 0 Å². The van der Waals surface area contributed by atoms with Crippen molar-refractivity contribution in [1.29, 1.82) is 0 Å². The second-order valence-electron chi connectivity index (χ2n) is 3.60. The van der Waals surface area contributed by atoms with Crippen LogP contribution in [0.3, 0.4) is 0 Å². The molecule has 0 bridgehead atoms. The number of aryl methyl sites for hydroxylation is 1. The average Bonchev–Trinajstić information content (AvgIpc) is 2.29. The van der Waals surface area contributed by atoms with E-state index in [2.05, 4.69) is 44.4 Å². The van der Waals surface area contributed by atoms with Crippen molar-refractivity contribution in [3.63, 3.8) is 0 Å².